The van der Waals surface area contributed by atoms with Crippen LogP contribution < -0.4 is 5.32 Å². The van der Waals surface area contributed by atoms with E-state index in [1.54, 1.807) is 30.3 Å². The number of aryl methyl sites for hydroxylation is 2. The fourth-order valence-corrected chi connectivity index (χ4v) is 2.29. The molecule has 0 aliphatic heterocycles. The Morgan fingerprint density at radius 3 is 2.46 bits per heavy atom. The maximum atomic E-state index is 12.2. The molecule has 0 aliphatic rings. The molecule has 132 valence electrons. The largest absolute Gasteiger partial charge is 0.449 e. The van der Waals surface area contributed by atoms with Gasteiger partial charge in [0, 0.05) is 11.8 Å². The minimum Gasteiger partial charge on any atom is -0.449 e. The number of ether oxygens (including phenoxy) is 1. The zero-order valence-corrected chi connectivity index (χ0v) is 14.9. The number of nitrogens with one attached hydrogen (secondary N) is 1. The molecule has 0 spiro atoms. The molecule has 0 aromatic heterocycles. The molecule has 26 heavy (non-hydrogen) atoms. The summed E-state index contributed by atoms with van der Waals surface area (Å²) in [6.45, 7) is 5.40. The zero-order chi connectivity index (χ0) is 19.1. The molecule has 0 radical (unpaired) electrons. The van der Waals surface area contributed by atoms with Crippen molar-refractivity contribution in [1.29, 1.82) is 5.26 Å². The maximum Gasteiger partial charge on any atom is 0.331 e. The van der Waals surface area contributed by atoms with Crippen molar-refractivity contribution < 1.29 is 14.3 Å². The number of rotatable bonds is 5. The van der Waals surface area contributed by atoms with Gasteiger partial charge in [-0.25, -0.2) is 4.79 Å². The standard InChI is InChI=1S/C21H20N2O3/c1-14-4-10-19(15(2)12-14)23-21(25)16(3)26-20(24)11-9-17-5-7-18(13-22)8-6-17/h4-12,16H,1-3H3,(H,23,25)/b11-9+/t16-/m1/s1. The number of hydrogen-bond donors (Lipinski definition) is 1. The molecule has 1 amide bonds. The summed E-state index contributed by atoms with van der Waals surface area (Å²) in [5, 5.41) is 11.5. The van der Waals surface area contributed by atoms with Crippen molar-refractivity contribution >= 4 is 23.6 Å². The zero-order valence-electron chi connectivity index (χ0n) is 14.9. The molecule has 0 fully saturated rings. The average molecular weight is 348 g/mol. The number of carbonyl (C=O) groups excluding carboxylic acids is 2. The van der Waals surface area contributed by atoms with Gasteiger partial charge in [-0.05, 0) is 56.2 Å². The lowest BCUT2D eigenvalue weighted by molar-refractivity contribution is -0.148. The van der Waals surface area contributed by atoms with Gasteiger partial charge in [-0.2, -0.15) is 5.26 Å². The summed E-state index contributed by atoms with van der Waals surface area (Å²) in [4.78, 5) is 24.1. The molecule has 0 saturated heterocycles. The Labute approximate surface area is 152 Å². The SMILES string of the molecule is Cc1ccc(NC(=O)[C@@H](C)OC(=O)/C=C/c2ccc(C#N)cc2)c(C)c1. The van der Waals surface area contributed by atoms with Crippen molar-refractivity contribution in [3.05, 3.63) is 70.8 Å². The first-order valence-electron chi connectivity index (χ1n) is 8.16. The van der Waals surface area contributed by atoms with Crippen LogP contribution in [0.15, 0.2) is 48.5 Å². The van der Waals surface area contributed by atoms with E-state index >= 15 is 0 Å². The first kappa shape index (κ1) is 18.9. The predicted molar refractivity (Wildman–Crippen MR) is 100 cm³/mol. The Hall–Kier alpha value is -3.39. The molecule has 1 atom stereocenters. The van der Waals surface area contributed by atoms with Gasteiger partial charge in [-0.15, -0.1) is 0 Å². The van der Waals surface area contributed by atoms with Gasteiger partial charge in [-0.1, -0.05) is 29.8 Å². The summed E-state index contributed by atoms with van der Waals surface area (Å²) in [6, 6.07) is 14.5. The number of nitriles is 1. The maximum absolute atomic E-state index is 12.2. The molecule has 0 saturated carbocycles. The molecular weight excluding hydrogens is 328 g/mol. The second-order valence-corrected chi connectivity index (χ2v) is 5.95. The molecule has 5 heteroatoms. The van der Waals surface area contributed by atoms with Crippen molar-refractivity contribution in [2.75, 3.05) is 5.32 Å². The van der Waals surface area contributed by atoms with E-state index in [4.69, 9.17) is 10.00 Å². The molecule has 0 aliphatic carbocycles. The third-order valence-corrected chi connectivity index (χ3v) is 3.75. The summed E-state index contributed by atoms with van der Waals surface area (Å²) in [5.74, 6) is -1.00. The first-order valence-corrected chi connectivity index (χ1v) is 8.16. The normalized spacial score (nSPS) is 11.6. The van der Waals surface area contributed by atoms with Gasteiger partial charge < -0.3 is 10.1 Å². The Kier molecular flexibility index (Phi) is 6.29. The summed E-state index contributed by atoms with van der Waals surface area (Å²) >= 11 is 0. The van der Waals surface area contributed by atoms with E-state index in [0.29, 0.717) is 11.3 Å². The monoisotopic (exact) mass is 348 g/mol. The Morgan fingerprint density at radius 2 is 1.85 bits per heavy atom. The lowest BCUT2D eigenvalue weighted by Crippen LogP contribution is -2.29. The van der Waals surface area contributed by atoms with Gasteiger partial charge in [-0.3, -0.25) is 4.79 Å². The third-order valence-electron chi connectivity index (χ3n) is 3.75. The highest BCUT2D eigenvalue weighted by Crippen LogP contribution is 2.16. The van der Waals surface area contributed by atoms with Crippen molar-refractivity contribution in [2.24, 2.45) is 0 Å². The minimum atomic E-state index is -0.922. The summed E-state index contributed by atoms with van der Waals surface area (Å²) in [6.07, 6.45) is 1.90. The highest BCUT2D eigenvalue weighted by atomic mass is 16.5. The fraction of sp³-hybridized carbons (Fsp3) is 0.190. The summed E-state index contributed by atoms with van der Waals surface area (Å²) in [7, 11) is 0. The van der Waals surface area contributed by atoms with Gasteiger partial charge in [0.05, 0.1) is 11.6 Å². The highest BCUT2D eigenvalue weighted by Gasteiger charge is 2.17. The van der Waals surface area contributed by atoms with E-state index in [0.717, 1.165) is 16.7 Å². The van der Waals surface area contributed by atoms with Crippen molar-refractivity contribution in [2.45, 2.75) is 26.9 Å². The van der Waals surface area contributed by atoms with Crippen LogP contribution in [0, 0.1) is 25.2 Å². The summed E-state index contributed by atoms with van der Waals surface area (Å²) < 4.78 is 5.12. The number of amides is 1. The van der Waals surface area contributed by atoms with Crippen LogP contribution in [0.3, 0.4) is 0 Å². The number of carbonyl (C=O) groups is 2. The van der Waals surface area contributed by atoms with E-state index in [9.17, 15) is 9.59 Å². The molecular formula is C21H20N2O3. The number of hydrogen-bond acceptors (Lipinski definition) is 4. The van der Waals surface area contributed by atoms with Gasteiger partial charge in [0.1, 0.15) is 0 Å². The van der Waals surface area contributed by atoms with Crippen LogP contribution in [-0.2, 0) is 14.3 Å². The molecule has 0 heterocycles. The Balaban J connectivity index is 1.91. The van der Waals surface area contributed by atoms with Crippen LogP contribution in [0.25, 0.3) is 6.08 Å². The van der Waals surface area contributed by atoms with E-state index < -0.39 is 18.0 Å². The third kappa shape index (κ3) is 5.32. The Bertz CT molecular complexity index is 877. The molecule has 2 rings (SSSR count). The number of nitrogens with zero attached hydrogens (tertiary/aromatic N) is 1. The van der Waals surface area contributed by atoms with Gasteiger partial charge in [0.15, 0.2) is 6.10 Å². The molecule has 0 bridgehead atoms. The summed E-state index contributed by atoms with van der Waals surface area (Å²) in [5.41, 5.74) is 4.04. The predicted octanol–water partition coefficient (Wildman–Crippen LogP) is 3.76. The van der Waals surface area contributed by atoms with Crippen LogP contribution in [0.4, 0.5) is 5.69 Å². The van der Waals surface area contributed by atoms with Crippen LogP contribution in [-0.4, -0.2) is 18.0 Å². The number of benzene rings is 2. The number of esters is 1. The second kappa shape index (κ2) is 8.63. The molecule has 0 unspecified atom stereocenters. The highest BCUT2D eigenvalue weighted by molar-refractivity contribution is 5.97. The lowest BCUT2D eigenvalue weighted by atomic mass is 10.1. The molecule has 2 aromatic carbocycles. The smallest absolute Gasteiger partial charge is 0.331 e. The Morgan fingerprint density at radius 1 is 1.15 bits per heavy atom. The second-order valence-electron chi connectivity index (χ2n) is 5.95. The van der Waals surface area contributed by atoms with Crippen molar-refractivity contribution in [3.8, 4) is 6.07 Å². The average Bonchev–Trinajstić information content (AvgIpc) is 2.62. The first-order chi connectivity index (χ1) is 12.4. The van der Waals surface area contributed by atoms with Gasteiger partial charge in [0.25, 0.3) is 5.91 Å². The molecule has 5 nitrogen and oxygen atoms in total. The van der Waals surface area contributed by atoms with E-state index in [1.165, 1.54) is 13.0 Å². The fourth-order valence-electron chi connectivity index (χ4n) is 2.29. The minimum absolute atomic E-state index is 0.392. The van der Waals surface area contributed by atoms with E-state index in [2.05, 4.69) is 5.32 Å². The number of anilines is 1. The molecule has 2 aromatic rings. The van der Waals surface area contributed by atoms with Crippen molar-refractivity contribution in [1.82, 2.24) is 0 Å². The van der Waals surface area contributed by atoms with Gasteiger partial charge >= 0.3 is 5.97 Å². The van der Waals surface area contributed by atoms with Crippen LogP contribution >= 0.6 is 0 Å². The van der Waals surface area contributed by atoms with Crippen molar-refractivity contribution in [3.63, 3.8) is 0 Å². The van der Waals surface area contributed by atoms with Crippen LogP contribution in [0.2, 0.25) is 0 Å². The van der Waals surface area contributed by atoms with Crippen LogP contribution in [0.5, 0.6) is 0 Å². The van der Waals surface area contributed by atoms with E-state index in [-0.39, 0.29) is 0 Å². The quantitative estimate of drug-likeness (QED) is 0.659. The lowest BCUT2D eigenvalue weighted by Gasteiger charge is -2.14. The molecule has 1 N–H and O–H groups in total. The van der Waals surface area contributed by atoms with Gasteiger partial charge in [0.2, 0.25) is 0 Å². The van der Waals surface area contributed by atoms with E-state index in [1.807, 2.05) is 38.1 Å². The van der Waals surface area contributed by atoms with Crippen LogP contribution in [0.1, 0.15) is 29.2 Å². The topological polar surface area (TPSA) is 79.2 Å².